The molecule has 0 saturated carbocycles. The second kappa shape index (κ2) is 8.25. The molecule has 0 aromatic heterocycles. The summed E-state index contributed by atoms with van der Waals surface area (Å²) in [6.45, 7) is 4.58. The number of piperazine rings is 1. The maximum atomic E-state index is 12.5. The predicted molar refractivity (Wildman–Crippen MR) is 102 cm³/mol. The van der Waals surface area contributed by atoms with Crippen molar-refractivity contribution in [1.82, 2.24) is 9.80 Å². The van der Waals surface area contributed by atoms with Crippen molar-refractivity contribution in [3.05, 3.63) is 47.2 Å². The van der Waals surface area contributed by atoms with Crippen molar-refractivity contribution in [2.75, 3.05) is 27.0 Å². The second-order valence-corrected chi connectivity index (χ2v) is 7.01. The summed E-state index contributed by atoms with van der Waals surface area (Å²) in [5, 5.41) is -0.472. The Bertz CT molecular complexity index is 706. The highest BCUT2D eigenvalue weighted by Crippen LogP contribution is 2.26. The summed E-state index contributed by atoms with van der Waals surface area (Å²) < 4.78 is 5.63. The molecule has 1 atom stereocenters. The van der Waals surface area contributed by atoms with Gasteiger partial charge in [-0.2, -0.15) is 0 Å². The van der Waals surface area contributed by atoms with Gasteiger partial charge in [0, 0.05) is 14.1 Å². The second-order valence-electron chi connectivity index (χ2n) is 6.09. The predicted octanol–water partition coefficient (Wildman–Crippen LogP) is 2.99. The van der Waals surface area contributed by atoms with Crippen LogP contribution in [0.4, 0.5) is 0 Å². The van der Waals surface area contributed by atoms with Gasteiger partial charge >= 0.3 is 0 Å². The lowest BCUT2D eigenvalue weighted by Crippen LogP contribution is -2.54. The number of carbonyl (C=O) groups is 2. The fourth-order valence-electron chi connectivity index (χ4n) is 2.42. The molecule has 2 rings (SSSR count). The van der Waals surface area contributed by atoms with Crippen LogP contribution in [0.3, 0.4) is 0 Å². The highest BCUT2D eigenvalue weighted by Gasteiger charge is 2.38. The molecule has 1 saturated heterocycles. The summed E-state index contributed by atoms with van der Waals surface area (Å²) in [6.07, 6.45) is 5.56. The molecule has 0 radical (unpaired) electrons. The molecular formula is C19H24N2O3S. The molecule has 1 heterocycles. The van der Waals surface area contributed by atoms with Crippen LogP contribution in [0, 0.1) is 0 Å². The number of carbonyl (C=O) groups excluding carboxylic acids is 2. The van der Waals surface area contributed by atoms with Crippen LogP contribution in [0.25, 0.3) is 6.08 Å². The molecule has 2 amide bonds. The molecule has 0 aliphatic carbocycles. The molecule has 1 aliphatic heterocycles. The number of benzene rings is 1. The van der Waals surface area contributed by atoms with Crippen LogP contribution in [-0.2, 0) is 9.59 Å². The van der Waals surface area contributed by atoms with Crippen molar-refractivity contribution in [3.8, 4) is 5.75 Å². The van der Waals surface area contributed by atoms with Crippen molar-refractivity contribution >= 4 is 29.7 Å². The van der Waals surface area contributed by atoms with Gasteiger partial charge in [0.1, 0.15) is 18.1 Å². The first-order chi connectivity index (χ1) is 11.8. The lowest BCUT2D eigenvalue weighted by atomic mass is 10.1. The molecule has 0 spiro atoms. The molecular weight excluding hydrogens is 336 g/mol. The zero-order chi connectivity index (χ0) is 18.6. The third-order valence-electron chi connectivity index (χ3n) is 3.94. The number of ether oxygens (including phenoxy) is 1. The van der Waals surface area contributed by atoms with E-state index < -0.39 is 5.37 Å². The fraction of sp³-hybridized carbons (Fsp3) is 0.368. The molecule has 1 aromatic carbocycles. The molecule has 6 heteroatoms. The van der Waals surface area contributed by atoms with Crippen molar-refractivity contribution in [3.63, 3.8) is 0 Å². The molecule has 25 heavy (non-hydrogen) atoms. The third kappa shape index (κ3) is 4.45. The van der Waals surface area contributed by atoms with E-state index in [0.29, 0.717) is 12.3 Å². The van der Waals surface area contributed by atoms with Crippen molar-refractivity contribution in [2.24, 2.45) is 0 Å². The molecule has 1 fully saturated rings. The Morgan fingerprint density at radius 2 is 1.84 bits per heavy atom. The Morgan fingerprint density at radius 1 is 1.20 bits per heavy atom. The summed E-state index contributed by atoms with van der Waals surface area (Å²) in [4.78, 5) is 27.8. The van der Waals surface area contributed by atoms with E-state index in [4.69, 9.17) is 4.74 Å². The lowest BCUT2D eigenvalue weighted by molar-refractivity contribution is -0.144. The average Bonchev–Trinajstić information content (AvgIpc) is 2.58. The van der Waals surface area contributed by atoms with Gasteiger partial charge in [-0.1, -0.05) is 17.7 Å². The van der Waals surface area contributed by atoms with E-state index in [0.717, 1.165) is 11.3 Å². The summed E-state index contributed by atoms with van der Waals surface area (Å²) >= 11 is 1.35. The van der Waals surface area contributed by atoms with Crippen molar-refractivity contribution in [2.45, 2.75) is 19.2 Å². The van der Waals surface area contributed by atoms with E-state index in [9.17, 15) is 9.59 Å². The number of hydrogen-bond acceptors (Lipinski definition) is 4. The van der Waals surface area contributed by atoms with Crippen molar-refractivity contribution in [1.29, 1.82) is 0 Å². The Balaban J connectivity index is 2.17. The molecule has 5 nitrogen and oxygen atoms in total. The zero-order valence-corrected chi connectivity index (χ0v) is 16.1. The van der Waals surface area contributed by atoms with Gasteiger partial charge in [0.2, 0.25) is 0 Å². The Kier molecular flexibility index (Phi) is 6.31. The van der Waals surface area contributed by atoms with Crippen LogP contribution in [0.15, 0.2) is 41.6 Å². The third-order valence-corrected chi connectivity index (χ3v) is 4.91. The summed E-state index contributed by atoms with van der Waals surface area (Å²) in [5.41, 5.74) is 2.42. The Morgan fingerprint density at radius 3 is 2.40 bits per heavy atom. The van der Waals surface area contributed by atoms with Gasteiger partial charge in [0.05, 0.1) is 0 Å². The topological polar surface area (TPSA) is 49.9 Å². The van der Waals surface area contributed by atoms with Gasteiger partial charge in [-0.3, -0.25) is 9.59 Å². The SMILES string of the molecule is CSC1C(=O)N(C)/C(=C\c2ccc(OCC=C(C)C)cc2)C(=O)N1C. The number of allylic oxidation sites excluding steroid dienone is 1. The molecule has 1 aliphatic rings. The highest BCUT2D eigenvalue weighted by atomic mass is 32.2. The average molecular weight is 360 g/mol. The van der Waals surface area contributed by atoms with Crippen LogP contribution in [-0.4, -0.2) is 53.9 Å². The largest absolute Gasteiger partial charge is 0.490 e. The highest BCUT2D eigenvalue weighted by molar-refractivity contribution is 7.99. The fourth-order valence-corrected chi connectivity index (χ4v) is 3.19. The molecule has 0 bridgehead atoms. The minimum atomic E-state index is -0.472. The lowest BCUT2D eigenvalue weighted by Gasteiger charge is -2.37. The van der Waals surface area contributed by atoms with E-state index in [1.54, 1.807) is 20.2 Å². The number of rotatable bonds is 5. The van der Waals surface area contributed by atoms with Gasteiger partial charge in [0.15, 0.2) is 5.37 Å². The van der Waals surface area contributed by atoms with E-state index >= 15 is 0 Å². The normalized spacial score (nSPS) is 19.4. The van der Waals surface area contributed by atoms with E-state index in [2.05, 4.69) is 0 Å². The van der Waals surface area contributed by atoms with Gasteiger partial charge in [-0.05, 0) is 50.0 Å². The van der Waals surface area contributed by atoms with E-state index in [1.807, 2.05) is 50.4 Å². The number of thioether (sulfide) groups is 1. The zero-order valence-electron chi connectivity index (χ0n) is 15.3. The summed E-state index contributed by atoms with van der Waals surface area (Å²) in [6, 6.07) is 7.46. The van der Waals surface area contributed by atoms with Crippen LogP contribution >= 0.6 is 11.8 Å². The van der Waals surface area contributed by atoms with Crippen LogP contribution in [0.5, 0.6) is 5.75 Å². The minimum absolute atomic E-state index is 0.0949. The summed E-state index contributed by atoms with van der Waals surface area (Å²) in [5.74, 6) is 0.506. The monoisotopic (exact) mass is 360 g/mol. The molecule has 1 unspecified atom stereocenters. The van der Waals surface area contributed by atoms with Crippen LogP contribution in [0.1, 0.15) is 19.4 Å². The first-order valence-corrected chi connectivity index (χ1v) is 9.29. The van der Waals surface area contributed by atoms with Gasteiger partial charge in [0.25, 0.3) is 11.8 Å². The van der Waals surface area contributed by atoms with Gasteiger partial charge in [-0.25, -0.2) is 0 Å². The number of amides is 2. The molecule has 134 valence electrons. The van der Waals surface area contributed by atoms with Crippen LogP contribution in [0.2, 0.25) is 0 Å². The smallest absolute Gasteiger partial charge is 0.271 e. The van der Waals surface area contributed by atoms with Gasteiger partial charge in [-0.15, -0.1) is 11.8 Å². The minimum Gasteiger partial charge on any atom is -0.490 e. The van der Waals surface area contributed by atoms with E-state index in [-0.39, 0.29) is 11.8 Å². The first-order valence-electron chi connectivity index (χ1n) is 8.00. The number of likely N-dealkylation sites (N-methyl/N-ethyl adjacent to an activating group) is 2. The van der Waals surface area contributed by atoms with E-state index in [1.165, 1.54) is 27.1 Å². The summed E-state index contributed by atoms with van der Waals surface area (Å²) in [7, 11) is 3.29. The van der Waals surface area contributed by atoms with Crippen molar-refractivity contribution < 1.29 is 14.3 Å². The number of nitrogens with zero attached hydrogens (tertiary/aromatic N) is 2. The van der Waals surface area contributed by atoms with Crippen LogP contribution < -0.4 is 4.74 Å². The maximum Gasteiger partial charge on any atom is 0.271 e. The standard InChI is InChI=1S/C19H24N2O3S/c1-13(2)10-11-24-15-8-6-14(7-9-15)12-16-17(22)21(4)19(25-5)18(23)20(16)3/h6-10,12,19H,11H2,1-5H3/b16-12-. The molecule has 1 aromatic rings. The maximum absolute atomic E-state index is 12.5. The Hall–Kier alpha value is -2.21. The quantitative estimate of drug-likeness (QED) is 0.598. The first kappa shape index (κ1) is 19.1. The van der Waals surface area contributed by atoms with Gasteiger partial charge < -0.3 is 14.5 Å². The molecule has 0 N–H and O–H groups in total. The Labute approximate surface area is 153 Å². The number of hydrogen-bond donors (Lipinski definition) is 0.